The molecule has 0 spiro atoms. The summed E-state index contributed by atoms with van der Waals surface area (Å²) in [5.41, 5.74) is 0.887. The zero-order valence-corrected chi connectivity index (χ0v) is 9.56. The van der Waals surface area contributed by atoms with Crippen LogP contribution in [0, 0.1) is 6.92 Å². The monoisotopic (exact) mass is 249 g/mol. The van der Waals surface area contributed by atoms with Crippen molar-refractivity contribution in [2.24, 2.45) is 4.99 Å². The third-order valence-electron chi connectivity index (χ3n) is 1.73. The molecular formula is C9H10F3N3S. The first-order chi connectivity index (χ1) is 7.36. The van der Waals surface area contributed by atoms with Crippen LogP contribution in [0.5, 0.6) is 0 Å². The van der Waals surface area contributed by atoms with E-state index in [4.69, 9.17) is 0 Å². The summed E-state index contributed by atoms with van der Waals surface area (Å²) in [6, 6.07) is 0.958. The highest BCUT2D eigenvalue weighted by Gasteiger charge is 2.34. The zero-order valence-electron chi connectivity index (χ0n) is 8.75. The minimum Gasteiger partial charge on any atom is -0.231 e. The van der Waals surface area contributed by atoms with Gasteiger partial charge in [0.1, 0.15) is 5.82 Å². The molecule has 0 unspecified atom stereocenters. The SMILES string of the molecule is C=C(/N=C/SC)n1nc(C(F)(F)F)cc1C. The number of aromatic nitrogens is 2. The second-order valence-electron chi connectivity index (χ2n) is 2.97. The molecule has 0 N–H and O–H groups in total. The Balaban J connectivity index is 3.03. The molecule has 0 atom stereocenters. The Morgan fingerprint density at radius 3 is 2.69 bits per heavy atom. The summed E-state index contributed by atoms with van der Waals surface area (Å²) in [6.45, 7) is 5.06. The van der Waals surface area contributed by atoms with Gasteiger partial charge in [0.25, 0.3) is 0 Å². The fourth-order valence-corrected chi connectivity index (χ4v) is 1.27. The van der Waals surface area contributed by atoms with Crippen molar-refractivity contribution in [1.29, 1.82) is 0 Å². The van der Waals surface area contributed by atoms with Crippen LogP contribution in [0.15, 0.2) is 17.6 Å². The van der Waals surface area contributed by atoms with Crippen LogP contribution in [-0.2, 0) is 6.18 Å². The van der Waals surface area contributed by atoms with E-state index in [9.17, 15) is 13.2 Å². The van der Waals surface area contributed by atoms with Gasteiger partial charge in [0, 0.05) is 5.69 Å². The minimum atomic E-state index is -4.44. The Morgan fingerprint density at radius 2 is 2.25 bits per heavy atom. The van der Waals surface area contributed by atoms with E-state index < -0.39 is 11.9 Å². The lowest BCUT2D eigenvalue weighted by Gasteiger charge is -2.02. The van der Waals surface area contributed by atoms with E-state index in [1.54, 1.807) is 6.26 Å². The third kappa shape index (κ3) is 2.88. The van der Waals surface area contributed by atoms with Crippen LogP contribution < -0.4 is 0 Å². The molecule has 0 fully saturated rings. The number of thioether (sulfide) groups is 1. The van der Waals surface area contributed by atoms with Crippen LogP contribution >= 0.6 is 11.8 Å². The molecule has 1 heterocycles. The second-order valence-corrected chi connectivity index (χ2v) is 3.65. The van der Waals surface area contributed by atoms with E-state index in [0.29, 0.717) is 5.69 Å². The van der Waals surface area contributed by atoms with Crippen molar-refractivity contribution in [3.63, 3.8) is 0 Å². The average molecular weight is 249 g/mol. The number of hydrogen-bond acceptors (Lipinski definition) is 3. The molecule has 0 aliphatic heterocycles. The van der Waals surface area contributed by atoms with Gasteiger partial charge in [-0.25, -0.2) is 9.67 Å². The quantitative estimate of drug-likeness (QED) is 0.609. The van der Waals surface area contributed by atoms with Crippen molar-refractivity contribution in [3.8, 4) is 0 Å². The maximum atomic E-state index is 12.3. The molecule has 88 valence electrons. The summed E-state index contributed by atoms with van der Waals surface area (Å²) in [5.74, 6) is 0.155. The van der Waals surface area contributed by atoms with E-state index in [2.05, 4.69) is 16.7 Å². The molecule has 0 saturated carbocycles. The summed E-state index contributed by atoms with van der Waals surface area (Å²) < 4.78 is 38.1. The molecule has 3 nitrogen and oxygen atoms in total. The fourth-order valence-electron chi connectivity index (χ4n) is 1.04. The number of halogens is 3. The fraction of sp³-hybridized carbons (Fsp3) is 0.333. The van der Waals surface area contributed by atoms with Gasteiger partial charge in [-0.1, -0.05) is 6.58 Å². The highest BCUT2D eigenvalue weighted by molar-refractivity contribution is 8.11. The van der Waals surface area contributed by atoms with E-state index in [1.165, 1.54) is 24.2 Å². The molecule has 0 aliphatic rings. The Morgan fingerprint density at radius 1 is 1.62 bits per heavy atom. The number of alkyl halides is 3. The molecule has 0 aromatic carbocycles. The van der Waals surface area contributed by atoms with Gasteiger partial charge in [-0.3, -0.25) is 0 Å². The van der Waals surface area contributed by atoms with Crippen LogP contribution in [0.3, 0.4) is 0 Å². The number of rotatable bonds is 3. The highest BCUT2D eigenvalue weighted by atomic mass is 32.2. The summed E-state index contributed by atoms with van der Waals surface area (Å²) in [4.78, 5) is 3.85. The topological polar surface area (TPSA) is 30.2 Å². The lowest BCUT2D eigenvalue weighted by molar-refractivity contribution is -0.141. The highest BCUT2D eigenvalue weighted by Crippen LogP contribution is 2.29. The lowest BCUT2D eigenvalue weighted by Crippen LogP contribution is -2.07. The maximum absolute atomic E-state index is 12.3. The van der Waals surface area contributed by atoms with Gasteiger partial charge in [0.05, 0.1) is 5.55 Å². The van der Waals surface area contributed by atoms with Crippen LogP contribution in [0.25, 0.3) is 5.82 Å². The van der Waals surface area contributed by atoms with Gasteiger partial charge in [-0.15, -0.1) is 11.8 Å². The van der Waals surface area contributed by atoms with Crippen molar-refractivity contribution in [3.05, 3.63) is 24.0 Å². The largest absolute Gasteiger partial charge is 0.435 e. The van der Waals surface area contributed by atoms with Crippen molar-refractivity contribution < 1.29 is 13.2 Å². The molecular weight excluding hydrogens is 239 g/mol. The number of nitrogens with zero attached hydrogens (tertiary/aromatic N) is 3. The van der Waals surface area contributed by atoms with Crippen LogP contribution in [-0.4, -0.2) is 21.6 Å². The van der Waals surface area contributed by atoms with Gasteiger partial charge in [0.2, 0.25) is 0 Å². The number of aryl methyl sites for hydroxylation is 1. The molecule has 0 saturated heterocycles. The summed E-state index contributed by atoms with van der Waals surface area (Å²) >= 11 is 1.33. The standard InChI is InChI=1S/C9H10F3N3S/c1-6-4-8(9(10,11)12)14-15(6)7(2)13-5-16-3/h4-5H,2H2,1,3H3/b13-5+. The predicted octanol–water partition coefficient (Wildman–Crippen LogP) is 3.03. The van der Waals surface area contributed by atoms with Gasteiger partial charge in [0.15, 0.2) is 5.69 Å². The Labute approximate surface area is 95.1 Å². The average Bonchev–Trinajstić information content (AvgIpc) is 2.56. The molecule has 7 heteroatoms. The molecule has 1 rings (SSSR count). The summed E-state index contributed by atoms with van der Waals surface area (Å²) in [6.07, 6.45) is -2.66. The molecule has 0 aliphatic carbocycles. The van der Waals surface area contributed by atoms with Crippen molar-refractivity contribution >= 4 is 23.1 Å². The van der Waals surface area contributed by atoms with Crippen molar-refractivity contribution in [2.45, 2.75) is 13.1 Å². The predicted molar refractivity (Wildman–Crippen MR) is 59.3 cm³/mol. The Kier molecular flexibility index (Phi) is 3.79. The molecule has 0 bridgehead atoms. The van der Waals surface area contributed by atoms with E-state index in [-0.39, 0.29) is 5.82 Å². The van der Waals surface area contributed by atoms with E-state index >= 15 is 0 Å². The Bertz CT molecular complexity index is 420. The van der Waals surface area contributed by atoms with Crippen LogP contribution in [0.4, 0.5) is 13.2 Å². The van der Waals surface area contributed by atoms with Gasteiger partial charge < -0.3 is 0 Å². The van der Waals surface area contributed by atoms with Crippen molar-refractivity contribution in [1.82, 2.24) is 9.78 Å². The molecule has 1 aromatic rings. The molecule has 0 radical (unpaired) electrons. The zero-order chi connectivity index (χ0) is 12.3. The normalized spacial score (nSPS) is 12.3. The summed E-state index contributed by atoms with van der Waals surface area (Å²) in [7, 11) is 0. The van der Waals surface area contributed by atoms with E-state index in [1.807, 2.05) is 0 Å². The second kappa shape index (κ2) is 4.73. The number of hydrogen-bond donors (Lipinski definition) is 0. The first-order valence-corrected chi connectivity index (χ1v) is 5.53. The van der Waals surface area contributed by atoms with E-state index in [0.717, 1.165) is 10.7 Å². The van der Waals surface area contributed by atoms with Crippen LogP contribution in [0.2, 0.25) is 0 Å². The minimum absolute atomic E-state index is 0.155. The molecule has 1 aromatic heterocycles. The molecule has 16 heavy (non-hydrogen) atoms. The van der Waals surface area contributed by atoms with Crippen LogP contribution in [0.1, 0.15) is 11.4 Å². The molecule has 0 amide bonds. The smallest absolute Gasteiger partial charge is 0.231 e. The number of aliphatic imine (C=N–C) groups is 1. The van der Waals surface area contributed by atoms with Gasteiger partial charge >= 0.3 is 6.18 Å². The first kappa shape index (κ1) is 12.8. The van der Waals surface area contributed by atoms with Gasteiger partial charge in [-0.2, -0.15) is 18.3 Å². The lowest BCUT2D eigenvalue weighted by atomic mass is 10.4. The third-order valence-corrected chi connectivity index (χ3v) is 2.05. The Hall–Kier alpha value is -1.24. The first-order valence-electron chi connectivity index (χ1n) is 4.24. The van der Waals surface area contributed by atoms with Gasteiger partial charge in [-0.05, 0) is 19.2 Å². The summed E-state index contributed by atoms with van der Waals surface area (Å²) in [5, 5.41) is 3.40. The van der Waals surface area contributed by atoms with Crippen molar-refractivity contribution in [2.75, 3.05) is 6.26 Å². The maximum Gasteiger partial charge on any atom is 0.435 e.